The third-order valence-electron chi connectivity index (χ3n) is 5.53. The fraction of sp³-hybridized carbons (Fsp3) is 0.273. The predicted octanol–water partition coefficient (Wildman–Crippen LogP) is 4.31. The second-order valence-corrected chi connectivity index (χ2v) is 7.60. The van der Waals surface area contributed by atoms with Crippen LogP contribution in [-0.4, -0.2) is 19.3 Å². The van der Waals surface area contributed by atoms with E-state index in [4.69, 9.17) is 5.26 Å². The summed E-state index contributed by atoms with van der Waals surface area (Å²) in [5.41, 5.74) is 1.24. The van der Waals surface area contributed by atoms with Gasteiger partial charge in [0.2, 0.25) is 0 Å². The topological polar surface area (TPSA) is 88.5 Å². The van der Waals surface area contributed by atoms with Gasteiger partial charge in [0.15, 0.2) is 5.82 Å². The van der Waals surface area contributed by atoms with E-state index < -0.39 is 17.8 Å². The number of hydrogen-bond acceptors (Lipinski definition) is 5. The van der Waals surface area contributed by atoms with E-state index in [1.807, 2.05) is 12.1 Å². The number of benzene rings is 2. The number of halogens is 3. The molecule has 0 amide bonds. The molecule has 4 aromatic rings. The fourth-order valence-corrected chi connectivity index (χ4v) is 3.78. The largest absolute Gasteiger partial charge is 0.416 e. The van der Waals surface area contributed by atoms with Crippen molar-refractivity contribution in [2.75, 3.05) is 5.32 Å². The van der Waals surface area contributed by atoms with E-state index in [-0.39, 0.29) is 12.2 Å². The van der Waals surface area contributed by atoms with E-state index in [2.05, 4.69) is 15.5 Å². The van der Waals surface area contributed by atoms with Gasteiger partial charge in [-0.3, -0.25) is 9.13 Å². The summed E-state index contributed by atoms with van der Waals surface area (Å²) in [5, 5.41) is 22.0. The zero-order valence-corrected chi connectivity index (χ0v) is 17.5. The van der Waals surface area contributed by atoms with Crippen molar-refractivity contribution in [3.05, 3.63) is 63.7 Å². The molecule has 1 atom stereocenters. The van der Waals surface area contributed by atoms with Gasteiger partial charge >= 0.3 is 11.9 Å². The third kappa shape index (κ3) is 3.56. The van der Waals surface area contributed by atoms with Gasteiger partial charge in [-0.15, -0.1) is 5.10 Å². The Hall–Kier alpha value is -3.87. The number of alkyl halides is 3. The summed E-state index contributed by atoms with van der Waals surface area (Å²) in [5.74, 6) is 0.372. The van der Waals surface area contributed by atoms with Crippen LogP contribution in [-0.2, 0) is 19.8 Å². The zero-order chi connectivity index (χ0) is 23.2. The lowest BCUT2D eigenvalue weighted by molar-refractivity contribution is -0.137. The lowest BCUT2D eigenvalue weighted by Crippen LogP contribution is -2.21. The second-order valence-electron chi connectivity index (χ2n) is 7.60. The normalized spacial score (nSPS) is 12.8. The molecule has 4 rings (SSSR count). The van der Waals surface area contributed by atoms with Crippen LogP contribution in [0.25, 0.3) is 21.8 Å². The van der Waals surface area contributed by atoms with Crippen LogP contribution in [0.4, 0.5) is 19.0 Å². The first-order chi connectivity index (χ1) is 15.1. The number of aryl methyl sites for hydroxylation is 2. The SMILES string of the molecule is Cc1nnc(N[C@H](C)c2cccc(C(F)(F)F)c2)c2cc3c(cc12)n(C)c(=O)n3CC#N. The van der Waals surface area contributed by atoms with Crippen molar-refractivity contribution >= 4 is 27.6 Å². The highest BCUT2D eigenvalue weighted by Crippen LogP contribution is 2.33. The fourth-order valence-electron chi connectivity index (χ4n) is 3.78. The van der Waals surface area contributed by atoms with Crippen molar-refractivity contribution in [1.29, 1.82) is 5.26 Å². The molecule has 7 nitrogen and oxygen atoms in total. The molecule has 0 radical (unpaired) electrons. The van der Waals surface area contributed by atoms with Gasteiger partial charge in [-0.1, -0.05) is 12.1 Å². The molecule has 0 saturated heterocycles. The van der Waals surface area contributed by atoms with Crippen molar-refractivity contribution in [3.63, 3.8) is 0 Å². The Morgan fingerprint density at radius 1 is 1.16 bits per heavy atom. The second kappa shape index (κ2) is 7.67. The molecule has 0 bridgehead atoms. The monoisotopic (exact) mass is 440 g/mol. The molecule has 2 aromatic carbocycles. The standard InChI is InChI=1S/C22H19F3N6O/c1-12(14-5-4-6-15(9-14)22(23,24)25)27-20-17-11-19-18(10-16(17)13(2)28-29-20)30(3)21(32)31(19)8-7-26/h4-6,9-12H,8H2,1-3H3,(H,27,29)/t12-/m1/s1. The van der Waals surface area contributed by atoms with Gasteiger partial charge in [0.1, 0.15) is 6.54 Å². The third-order valence-corrected chi connectivity index (χ3v) is 5.53. The van der Waals surface area contributed by atoms with E-state index in [1.54, 1.807) is 33.0 Å². The van der Waals surface area contributed by atoms with Crippen LogP contribution < -0.4 is 11.0 Å². The smallest absolute Gasteiger partial charge is 0.362 e. The van der Waals surface area contributed by atoms with Crippen LogP contribution in [0, 0.1) is 18.3 Å². The van der Waals surface area contributed by atoms with Gasteiger partial charge in [-0.2, -0.15) is 23.5 Å². The van der Waals surface area contributed by atoms with E-state index in [0.717, 1.165) is 17.5 Å². The lowest BCUT2D eigenvalue weighted by Gasteiger charge is -2.18. The number of hydrogen-bond donors (Lipinski definition) is 1. The minimum atomic E-state index is -4.44. The Morgan fingerprint density at radius 2 is 1.88 bits per heavy atom. The van der Waals surface area contributed by atoms with Gasteiger partial charge in [0.25, 0.3) is 0 Å². The number of aromatic nitrogens is 4. The molecule has 32 heavy (non-hydrogen) atoms. The van der Waals surface area contributed by atoms with Crippen LogP contribution >= 0.6 is 0 Å². The Kier molecular flexibility index (Phi) is 5.12. The van der Waals surface area contributed by atoms with E-state index in [0.29, 0.717) is 33.5 Å². The number of nitrogens with zero attached hydrogens (tertiary/aromatic N) is 5. The number of rotatable bonds is 4. The van der Waals surface area contributed by atoms with Crippen molar-refractivity contribution in [2.24, 2.45) is 7.05 Å². The summed E-state index contributed by atoms with van der Waals surface area (Å²) in [7, 11) is 1.63. The zero-order valence-electron chi connectivity index (χ0n) is 17.5. The van der Waals surface area contributed by atoms with Crippen LogP contribution in [0.1, 0.15) is 29.8 Å². The summed E-state index contributed by atoms with van der Waals surface area (Å²) < 4.78 is 42.1. The molecule has 164 valence electrons. The first-order valence-electron chi connectivity index (χ1n) is 9.78. The average molecular weight is 440 g/mol. The number of anilines is 1. The van der Waals surface area contributed by atoms with Crippen molar-refractivity contribution in [1.82, 2.24) is 19.3 Å². The van der Waals surface area contributed by atoms with E-state index in [9.17, 15) is 18.0 Å². The summed E-state index contributed by atoms with van der Waals surface area (Å²) in [6.07, 6.45) is -4.44. The quantitative estimate of drug-likeness (QED) is 0.511. The minimum absolute atomic E-state index is 0.109. The van der Waals surface area contributed by atoms with Crippen LogP contribution in [0.2, 0.25) is 0 Å². The molecule has 1 N–H and O–H groups in total. The van der Waals surface area contributed by atoms with Gasteiger partial charge in [-0.05, 0) is 43.7 Å². The molecule has 2 heterocycles. The van der Waals surface area contributed by atoms with Crippen LogP contribution in [0.15, 0.2) is 41.2 Å². The molecular weight excluding hydrogens is 421 g/mol. The van der Waals surface area contributed by atoms with E-state index >= 15 is 0 Å². The molecule has 0 fully saturated rings. The van der Waals surface area contributed by atoms with E-state index in [1.165, 1.54) is 15.2 Å². The molecule has 0 unspecified atom stereocenters. The van der Waals surface area contributed by atoms with Gasteiger partial charge < -0.3 is 5.32 Å². The first kappa shape index (κ1) is 21.4. The summed E-state index contributed by atoms with van der Waals surface area (Å²) in [6.45, 7) is 3.41. The Labute approximate surface area is 180 Å². The molecule has 0 saturated carbocycles. The van der Waals surface area contributed by atoms with Crippen molar-refractivity contribution in [3.8, 4) is 6.07 Å². The van der Waals surface area contributed by atoms with Crippen molar-refractivity contribution in [2.45, 2.75) is 32.6 Å². The van der Waals surface area contributed by atoms with Crippen molar-refractivity contribution < 1.29 is 13.2 Å². The molecule has 10 heteroatoms. The van der Waals surface area contributed by atoms with Gasteiger partial charge in [0, 0.05) is 17.8 Å². The first-order valence-corrected chi connectivity index (χ1v) is 9.78. The van der Waals surface area contributed by atoms with Gasteiger partial charge in [0.05, 0.1) is 34.4 Å². The molecule has 0 aliphatic carbocycles. The average Bonchev–Trinajstić information content (AvgIpc) is 2.99. The highest BCUT2D eigenvalue weighted by Gasteiger charge is 2.30. The van der Waals surface area contributed by atoms with Crippen LogP contribution in [0.5, 0.6) is 0 Å². The van der Waals surface area contributed by atoms with Crippen LogP contribution in [0.3, 0.4) is 0 Å². The number of nitrogens with one attached hydrogen (secondary N) is 1. The number of imidazole rings is 1. The summed E-state index contributed by atoms with van der Waals surface area (Å²) in [6, 6.07) is 10.2. The minimum Gasteiger partial charge on any atom is -0.362 e. The summed E-state index contributed by atoms with van der Waals surface area (Å²) in [4.78, 5) is 12.5. The number of fused-ring (bicyclic) bond motifs is 2. The molecule has 2 aromatic heterocycles. The maximum Gasteiger partial charge on any atom is 0.416 e. The summed E-state index contributed by atoms with van der Waals surface area (Å²) >= 11 is 0. The maximum absolute atomic E-state index is 13.1. The molecule has 0 spiro atoms. The lowest BCUT2D eigenvalue weighted by atomic mass is 10.0. The maximum atomic E-state index is 13.1. The van der Waals surface area contributed by atoms with Gasteiger partial charge in [-0.25, -0.2) is 4.79 Å². The highest BCUT2D eigenvalue weighted by molar-refractivity contribution is 6.01. The Balaban J connectivity index is 1.84. The molecule has 0 aliphatic rings. The Morgan fingerprint density at radius 3 is 2.56 bits per heavy atom. The highest BCUT2D eigenvalue weighted by atomic mass is 19.4. The molecule has 0 aliphatic heterocycles. The predicted molar refractivity (Wildman–Crippen MR) is 114 cm³/mol. The number of nitriles is 1. The Bertz CT molecular complexity index is 1440. The molecular formula is C22H19F3N6O.